The van der Waals surface area contributed by atoms with Gasteiger partial charge in [-0.05, 0) is 0 Å². The van der Waals surface area contributed by atoms with Crippen molar-refractivity contribution < 1.29 is 4.74 Å². The molecule has 0 spiro atoms. The van der Waals surface area contributed by atoms with E-state index in [0.717, 1.165) is 5.75 Å². The molecule has 0 heterocycles. The normalized spacial score (nSPS) is 9.40. The van der Waals surface area contributed by atoms with Crippen LogP contribution in [0.3, 0.4) is 0 Å². The van der Waals surface area contributed by atoms with Gasteiger partial charge in [-0.3, -0.25) is 0 Å². The molecule has 0 aliphatic carbocycles. The average molecular weight is 250 g/mol. The summed E-state index contributed by atoms with van der Waals surface area (Å²) in [4.78, 5) is 2.27. The van der Waals surface area contributed by atoms with Crippen LogP contribution in [0.4, 0.5) is 0 Å². The van der Waals surface area contributed by atoms with E-state index < -0.39 is 0 Å². The van der Waals surface area contributed by atoms with E-state index in [9.17, 15) is 0 Å². The number of ether oxygens (including phenoxy) is 1. The van der Waals surface area contributed by atoms with Gasteiger partial charge in [0, 0.05) is 0 Å². The van der Waals surface area contributed by atoms with Crippen LogP contribution in [0.1, 0.15) is 0 Å². The third kappa shape index (κ3) is 1.90. The fraction of sp³-hybridized carbons (Fsp3) is 0.250. The van der Waals surface area contributed by atoms with Crippen LogP contribution in [0.2, 0.25) is 4.97 Å². The fourth-order valence-corrected chi connectivity index (χ4v) is 1.88. The van der Waals surface area contributed by atoms with Crippen molar-refractivity contribution in [2.24, 2.45) is 0 Å². The zero-order chi connectivity index (χ0) is 7.40. The molecule has 0 saturated heterocycles. The van der Waals surface area contributed by atoms with Gasteiger partial charge < -0.3 is 0 Å². The molecule has 0 N–H and O–H groups in total. The van der Waals surface area contributed by atoms with Gasteiger partial charge in [0.05, 0.1) is 0 Å². The van der Waals surface area contributed by atoms with Gasteiger partial charge in [0.15, 0.2) is 0 Å². The van der Waals surface area contributed by atoms with Gasteiger partial charge in [-0.15, -0.1) is 0 Å². The fourth-order valence-electron chi connectivity index (χ4n) is 0.712. The van der Waals surface area contributed by atoms with Crippen LogP contribution < -0.4 is 8.35 Å². The van der Waals surface area contributed by atoms with Gasteiger partial charge in [-0.2, -0.15) is 0 Å². The molecular weight excluding hydrogens is 240 g/mol. The summed E-state index contributed by atoms with van der Waals surface area (Å²) in [6, 6.07) is 8.31. The Bertz CT molecular complexity index is 170. The minimum atomic E-state index is 0.0809. The van der Waals surface area contributed by atoms with E-state index in [-0.39, 0.29) is 20.9 Å². The molecule has 1 nitrogen and oxygen atoms in total. The number of rotatable bonds is 2. The monoisotopic (exact) mass is 252 g/mol. The summed E-state index contributed by atoms with van der Waals surface area (Å²) in [6.45, 7) is 0. The molecule has 1 aromatic rings. The second-order valence-electron chi connectivity index (χ2n) is 1.88. The minimum absolute atomic E-state index is 0.0809. The standard InChI is InChI=1S/C8H10OTe/c1-9-7-3-5-8(10-2)6-4-7/h3-6H,1-2H3. The van der Waals surface area contributed by atoms with Crippen molar-refractivity contribution in [3.05, 3.63) is 24.3 Å². The maximum atomic E-state index is 5.03. The van der Waals surface area contributed by atoms with Crippen molar-refractivity contribution in [2.45, 2.75) is 4.97 Å². The van der Waals surface area contributed by atoms with E-state index >= 15 is 0 Å². The summed E-state index contributed by atoms with van der Waals surface area (Å²) in [6.07, 6.45) is 0. The van der Waals surface area contributed by atoms with Crippen molar-refractivity contribution in [1.82, 2.24) is 0 Å². The van der Waals surface area contributed by atoms with Crippen LogP contribution >= 0.6 is 0 Å². The Labute approximate surface area is 71.5 Å². The van der Waals surface area contributed by atoms with Gasteiger partial charge in [0.1, 0.15) is 0 Å². The van der Waals surface area contributed by atoms with Crippen LogP contribution in [0.25, 0.3) is 0 Å². The molecule has 0 fully saturated rings. The predicted molar refractivity (Wildman–Crippen MR) is 44.2 cm³/mol. The molecule has 0 bridgehead atoms. The molecule has 10 heavy (non-hydrogen) atoms. The number of methoxy groups -OCH3 is 1. The van der Waals surface area contributed by atoms with Crippen molar-refractivity contribution in [3.63, 3.8) is 0 Å². The average Bonchev–Trinajstić information content (AvgIpc) is 2.05. The van der Waals surface area contributed by atoms with Crippen LogP contribution in [-0.2, 0) is 0 Å². The molecular formula is C8H10OTe. The molecule has 1 aromatic carbocycles. The van der Waals surface area contributed by atoms with Crippen molar-refractivity contribution in [1.29, 1.82) is 0 Å². The molecule has 0 aliphatic heterocycles. The first kappa shape index (κ1) is 7.91. The Balaban J connectivity index is 2.80. The second-order valence-corrected chi connectivity index (χ2v) is 4.39. The Morgan fingerprint density at radius 1 is 1.20 bits per heavy atom. The van der Waals surface area contributed by atoms with Gasteiger partial charge in [0.25, 0.3) is 0 Å². The van der Waals surface area contributed by atoms with E-state index in [1.807, 2.05) is 12.1 Å². The predicted octanol–water partition coefficient (Wildman–Crippen LogP) is 1.07. The van der Waals surface area contributed by atoms with E-state index in [0.29, 0.717) is 0 Å². The van der Waals surface area contributed by atoms with Crippen LogP contribution in [0, 0.1) is 0 Å². The van der Waals surface area contributed by atoms with Gasteiger partial charge >= 0.3 is 71.4 Å². The third-order valence-corrected chi connectivity index (χ3v) is 3.42. The van der Waals surface area contributed by atoms with Crippen LogP contribution in [-0.4, -0.2) is 28.0 Å². The Morgan fingerprint density at radius 3 is 2.20 bits per heavy atom. The Hall–Kier alpha value is -0.190. The third-order valence-electron chi connectivity index (χ3n) is 1.30. The van der Waals surface area contributed by atoms with Gasteiger partial charge in [-0.1, -0.05) is 0 Å². The summed E-state index contributed by atoms with van der Waals surface area (Å²) < 4.78 is 6.51. The molecule has 0 aromatic heterocycles. The van der Waals surface area contributed by atoms with Crippen molar-refractivity contribution in [2.75, 3.05) is 7.11 Å². The van der Waals surface area contributed by atoms with E-state index in [1.54, 1.807) is 7.11 Å². The summed E-state index contributed by atoms with van der Waals surface area (Å²) in [5.74, 6) is 0.949. The van der Waals surface area contributed by atoms with E-state index in [2.05, 4.69) is 17.1 Å². The zero-order valence-electron chi connectivity index (χ0n) is 6.13. The molecule has 0 atom stereocenters. The quantitative estimate of drug-likeness (QED) is 0.713. The SMILES string of the molecule is COc1ccc([Te]C)cc1. The molecule has 0 radical (unpaired) electrons. The summed E-state index contributed by atoms with van der Waals surface area (Å²) in [5, 5.41) is 0. The maximum absolute atomic E-state index is 5.03. The molecule has 1 rings (SSSR count). The van der Waals surface area contributed by atoms with Crippen molar-refractivity contribution in [3.8, 4) is 5.75 Å². The molecule has 2 heteroatoms. The first-order valence-electron chi connectivity index (χ1n) is 3.05. The Kier molecular flexibility index (Phi) is 3.05. The van der Waals surface area contributed by atoms with Gasteiger partial charge in [-0.25, -0.2) is 0 Å². The molecule has 0 saturated carbocycles. The first-order chi connectivity index (χ1) is 4.86. The molecule has 54 valence electrons. The zero-order valence-corrected chi connectivity index (χ0v) is 8.46. The number of benzene rings is 1. The molecule has 0 aliphatic rings. The van der Waals surface area contributed by atoms with Crippen molar-refractivity contribution >= 4 is 24.5 Å². The summed E-state index contributed by atoms with van der Waals surface area (Å²) in [7, 11) is 1.69. The first-order valence-corrected chi connectivity index (χ1v) is 6.54. The molecule has 0 amide bonds. The summed E-state index contributed by atoms with van der Waals surface area (Å²) >= 11 is 0.0809. The summed E-state index contributed by atoms with van der Waals surface area (Å²) in [5.41, 5.74) is 0. The Morgan fingerprint density at radius 2 is 1.80 bits per heavy atom. The topological polar surface area (TPSA) is 9.23 Å². The number of hydrogen-bond donors (Lipinski definition) is 0. The van der Waals surface area contributed by atoms with Crippen LogP contribution in [0.5, 0.6) is 5.75 Å². The van der Waals surface area contributed by atoms with E-state index in [1.165, 1.54) is 3.61 Å². The van der Waals surface area contributed by atoms with E-state index in [4.69, 9.17) is 4.74 Å². The van der Waals surface area contributed by atoms with Crippen LogP contribution in [0.15, 0.2) is 24.3 Å². The molecule has 0 unspecified atom stereocenters. The second kappa shape index (κ2) is 3.85. The number of hydrogen-bond acceptors (Lipinski definition) is 1. The van der Waals surface area contributed by atoms with Gasteiger partial charge in [0.2, 0.25) is 0 Å².